The van der Waals surface area contributed by atoms with Gasteiger partial charge in [-0.1, -0.05) is 30.3 Å². The molecule has 4 atom stereocenters. The molecule has 0 spiro atoms. The zero-order chi connectivity index (χ0) is 28.2. The van der Waals surface area contributed by atoms with Crippen molar-refractivity contribution in [1.29, 1.82) is 0 Å². The lowest BCUT2D eigenvalue weighted by molar-refractivity contribution is -0.385. The number of ether oxygens (including phenoxy) is 3. The highest BCUT2D eigenvalue weighted by Crippen LogP contribution is 2.18. The van der Waals surface area contributed by atoms with E-state index in [1.807, 2.05) is 30.3 Å². The standard InChI is InChI=1S/C27H30N2O10/c30-14-24(38-16-20-6-10-22(11-7-20)28(33)34)26(31)27(32)25(18-37-15-19-4-2-1-3-5-19)39-17-21-8-12-23(13-9-21)29(35)36/h1-13,24-27,30-32H,14-18H2/t24-,25-,26-,27-/m1/s1. The molecule has 39 heavy (non-hydrogen) atoms. The van der Waals surface area contributed by atoms with E-state index in [1.54, 1.807) is 0 Å². The molecule has 0 unspecified atom stereocenters. The van der Waals surface area contributed by atoms with Crippen molar-refractivity contribution in [2.45, 2.75) is 44.2 Å². The number of aliphatic hydroxyl groups excluding tert-OH is 3. The third kappa shape index (κ3) is 9.18. The van der Waals surface area contributed by atoms with E-state index in [4.69, 9.17) is 14.2 Å². The summed E-state index contributed by atoms with van der Waals surface area (Å²) in [6.45, 7) is -0.618. The Morgan fingerprint density at radius 3 is 1.54 bits per heavy atom. The first kappa shape index (κ1) is 29.8. The fourth-order valence-electron chi connectivity index (χ4n) is 3.65. The van der Waals surface area contributed by atoms with Crippen molar-refractivity contribution in [1.82, 2.24) is 0 Å². The molecule has 0 aliphatic carbocycles. The number of hydrogen-bond acceptors (Lipinski definition) is 10. The molecular formula is C27H30N2O10. The van der Waals surface area contributed by atoms with Gasteiger partial charge in [0, 0.05) is 24.3 Å². The van der Waals surface area contributed by atoms with Crippen LogP contribution >= 0.6 is 0 Å². The fourth-order valence-corrected chi connectivity index (χ4v) is 3.65. The maximum Gasteiger partial charge on any atom is 0.269 e. The summed E-state index contributed by atoms with van der Waals surface area (Å²) < 4.78 is 17.2. The van der Waals surface area contributed by atoms with Crippen molar-refractivity contribution in [3.63, 3.8) is 0 Å². The van der Waals surface area contributed by atoms with Crippen molar-refractivity contribution >= 4 is 11.4 Å². The predicted octanol–water partition coefficient (Wildman–Crippen LogP) is 2.90. The number of nitro benzene ring substituents is 2. The Balaban J connectivity index is 1.64. The summed E-state index contributed by atoms with van der Waals surface area (Å²) >= 11 is 0. The number of aliphatic hydroxyl groups is 3. The van der Waals surface area contributed by atoms with E-state index in [2.05, 4.69) is 0 Å². The first-order valence-corrected chi connectivity index (χ1v) is 12.1. The van der Waals surface area contributed by atoms with Crippen molar-refractivity contribution in [2.24, 2.45) is 0 Å². The largest absolute Gasteiger partial charge is 0.394 e. The highest BCUT2D eigenvalue weighted by molar-refractivity contribution is 5.33. The molecule has 0 fully saturated rings. The molecule has 3 rings (SSSR count). The monoisotopic (exact) mass is 542 g/mol. The van der Waals surface area contributed by atoms with Gasteiger partial charge in [-0.2, -0.15) is 0 Å². The Morgan fingerprint density at radius 2 is 1.08 bits per heavy atom. The van der Waals surface area contributed by atoms with Crippen LogP contribution in [0.15, 0.2) is 78.9 Å². The van der Waals surface area contributed by atoms with Gasteiger partial charge in [0.1, 0.15) is 24.4 Å². The smallest absolute Gasteiger partial charge is 0.269 e. The predicted molar refractivity (Wildman–Crippen MR) is 139 cm³/mol. The molecule has 0 aliphatic rings. The van der Waals surface area contributed by atoms with Crippen LogP contribution in [0.5, 0.6) is 0 Å². The zero-order valence-electron chi connectivity index (χ0n) is 20.9. The summed E-state index contributed by atoms with van der Waals surface area (Å²) in [5.74, 6) is 0. The van der Waals surface area contributed by atoms with Crippen LogP contribution in [0, 0.1) is 20.2 Å². The average Bonchev–Trinajstić information content (AvgIpc) is 2.95. The molecule has 3 aromatic carbocycles. The second kappa shape index (κ2) is 15.0. The van der Waals surface area contributed by atoms with Gasteiger partial charge in [0.15, 0.2) is 0 Å². The molecule has 12 heteroatoms. The van der Waals surface area contributed by atoms with Gasteiger partial charge in [0.2, 0.25) is 0 Å². The van der Waals surface area contributed by atoms with Gasteiger partial charge in [0.25, 0.3) is 11.4 Å². The molecule has 0 bridgehead atoms. The third-order valence-electron chi connectivity index (χ3n) is 5.91. The van der Waals surface area contributed by atoms with Crippen LogP contribution in [0.2, 0.25) is 0 Å². The lowest BCUT2D eigenvalue weighted by Gasteiger charge is -2.31. The Bertz CT molecular complexity index is 1180. The normalized spacial score (nSPS) is 14.3. The Labute approximate surface area is 224 Å². The SMILES string of the molecule is O=[N+]([O-])c1ccc(CO[C@H](CO)[C@@H](O)[C@H](O)[C@@H](COCc2ccccc2)OCc2ccc([N+](=O)[O-])cc2)cc1. The fraction of sp³-hybridized carbons (Fsp3) is 0.333. The van der Waals surface area contributed by atoms with Gasteiger partial charge in [-0.05, 0) is 41.0 Å². The molecule has 0 amide bonds. The van der Waals surface area contributed by atoms with Gasteiger partial charge >= 0.3 is 0 Å². The summed E-state index contributed by atoms with van der Waals surface area (Å²) in [5.41, 5.74) is 1.90. The minimum absolute atomic E-state index is 0.0332. The van der Waals surface area contributed by atoms with Crippen LogP contribution in [-0.4, -0.2) is 62.8 Å². The van der Waals surface area contributed by atoms with Crippen LogP contribution < -0.4 is 0 Å². The summed E-state index contributed by atoms with van der Waals surface area (Å²) in [6, 6.07) is 20.6. The second-order valence-electron chi connectivity index (χ2n) is 8.71. The molecule has 3 aromatic rings. The second-order valence-corrected chi connectivity index (χ2v) is 8.71. The lowest BCUT2D eigenvalue weighted by Crippen LogP contribution is -2.49. The number of nitrogens with zero attached hydrogens (tertiary/aromatic N) is 2. The van der Waals surface area contributed by atoms with Crippen molar-refractivity contribution in [3.8, 4) is 0 Å². The van der Waals surface area contributed by atoms with Crippen molar-refractivity contribution < 1.29 is 39.4 Å². The molecule has 0 saturated heterocycles. The van der Waals surface area contributed by atoms with E-state index in [-0.39, 0.29) is 37.8 Å². The van der Waals surface area contributed by atoms with Gasteiger partial charge in [0.05, 0.1) is 42.9 Å². The number of hydrogen-bond donors (Lipinski definition) is 3. The molecule has 0 aliphatic heterocycles. The minimum Gasteiger partial charge on any atom is -0.394 e. The molecule has 3 N–H and O–H groups in total. The van der Waals surface area contributed by atoms with E-state index in [0.29, 0.717) is 11.1 Å². The third-order valence-corrected chi connectivity index (χ3v) is 5.91. The highest BCUT2D eigenvalue weighted by Gasteiger charge is 2.34. The number of rotatable bonds is 16. The molecule has 12 nitrogen and oxygen atoms in total. The van der Waals surface area contributed by atoms with Crippen LogP contribution in [0.3, 0.4) is 0 Å². The van der Waals surface area contributed by atoms with Crippen molar-refractivity contribution in [2.75, 3.05) is 13.2 Å². The topological polar surface area (TPSA) is 175 Å². The van der Waals surface area contributed by atoms with E-state index in [1.165, 1.54) is 48.5 Å². The van der Waals surface area contributed by atoms with Crippen molar-refractivity contribution in [3.05, 3.63) is 116 Å². The summed E-state index contributed by atoms with van der Waals surface area (Å²) in [4.78, 5) is 20.7. The Morgan fingerprint density at radius 1 is 0.641 bits per heavy atom. The number of benzene rings is 3. The Hall–Kier alpha value is -3.78. The number of non-ortho nitro benzene ring substituents is 2. The summed E-state index contributed by atoms with van der Waals surface area (Å²) in [5, 5.41) is 53.3. The maximum absolute atomic E-state index is 11.0. The molecule has 0 heterocycles. The summed E-state index contributed by atoms with van der Waals surface area (Å²) in [6.07, 6.45) is -5.35. The molecule has 208 valence electrons. The average molecular weight is 543 g/mol. The zero-order valence-corrected chi connectivity index (χ0v) is 20.9. The van der Waals surface area contributed by atoms with Gasteiger partial charge in [-0.3, -0.25) is 20.2 Å². The Kier molecular flexibility index (Phi) is 11.4. The van der Waals surface area contributed by atoms with Gasteiger partial charge in [-0.15, -0.1) is 0 Å². The first-order valence-electron chi connectivity index (χ1n) is 12.1. The van der Waals surface area contributed by atoms with Gasteiger partial charge in [-0.25, -0.2) is 0 Å². The maximum atomic E-state index is 11.0. The molecule has 0 radical (unpaired) electrons. The molecule has 0 saturated carbocycles. The first-order chi connectivity index (χ1) is 18.8. The highest BCUT2D eigenvalue weighted by atomic mass is 16.6. The van der Waals surface area contributed by atoms with Crippen LogP contribution in [0.1, 0.15) is 16.7 Å². The molecular weight excluding hydrogens is 512 g/mol. The summed E-state index contributed by atoms with van der Waals surface area (Å²) in [7, 11) is 0. The van der Waals surface area contributed by atoms with E-state index >= 15 is 0 Å². The van der Waals surface area contributed by atoms with E-state index in [9.17, 15) is 35.5 Å². The van der Waals surface area contributed by atoms with E-state index in [0.717, 1.165) is 5.56 Å². The van der Waals surface area contributed by atoms with Crippen LogP contribution in [0.4, 0.5) is 11.4 Å². The number of nitro groups is 2. The van der Waals surface area contributed by atoms with E-state index < -0.39 is 40.9 Å². The van der Waals surface area contributed by atoms with Crippen LogP contribution in [0.25, 0.3) is 0 Å². The van der Waals surface area contributed by atoms with Gasteiger partial charge < -0.3 is 29.5 Å². The van der Waals surface area contributed by atoms with Crippen LogP contribution in [-0.2, 0) is 34.0 Å². The lowest BCUT2D eigenvalue weighted by atomic mass is 10.0. The molecule has 0 aromatic heterocycles. The quantitative estimate of drug-likeness (QED) is 0.180. The minimum atomic E-state index is -1.57.